The van der Waals surface area contributed by atoms with Crippen molar-refractivity contribution in [3.8, 4) is 6.07 Å². The molecule has 1 aromatic rings. The molecule has 0 amide bonds. The first-order chi connectivity index (χ1) is 7.11. The van der Waals surface area contributed by atoms with E-state index in [2.05, 4.69) is 25.1 Å². The van der Waals surface area contributed by atoms with Gasteiger partial charge in [0.05, 0.1) is 11.8 Å². The standard InChI is InChI=1S/C12H18N2O/c1-5-8(2)11(6-7-13)12-9(3)14-15-10(12)4/h8,11H,5-6H2,1-4H3. The van der Waals surface area contributed by atoms with Gasteiger partial charge in [-0.15, -0.1) is 0 Å². The highest BCUT2D eigenvalue weighted by Gasteiger charge is 2.24. The van der Waals surface area contributed by atoms with Crippen molar-refractivity contribution in [1.82, 2.24) is 5.16 Å². The van der Waals surface area contributed by atoms with E-state index in [0.29, 0.717) is 12.3 Å². The van der Waals surface area contributed by atoms with Crippen molar-refractivity contribution in [3.63, 3.8) is 0 Å². The summed E-state index contributed by atoms with van der Waals surface area (Å²) in [5, 5.41) is 12.8. The number of nitriles is 1. The Balaban J connectivity index is 3.04. The third-order valence-corrected chi connectivity index (χ3v) is 3.10. The Hall–Kier alpha value is -1.30. The summed E-state index contributed by atoms with van der Waals surface area (Å²) in [5.41, 5.74) is 2.05. The maximum Gasteiger partial charge on any atom is 0.137 e. The molecule has 3 heteroatoms. The fraction of sp³-hybridized carbons (Fsp3) is 0.667. The van der Waals surface area contributed by atoms with Crippen molar-refractivity contribution in [2.75, 3.05) is 0 Å². The fourth-order valence-corrected chi connectivity index (χ4v) is 1.99. The molecular weight excluding hydrogens is 188 g/mol. The lowest BCUT2D eigenvalue weighted by atomic mass is 9.83. The molecule has 0 spiro atoms. The van der Waals surface area contributed by atoms with Gasteiger partial charge in [0.1, 0.15) is 5.76 Å². The van der Waals surface area contributed by atoms with E-state index in [1.807, 2.05) is 13.8 Å². The van der Waals surface area contributed by atoms with Crippen LogP contribution in [0.4, 0.5) is 0 Å². The monoisotopic (exact) mass is 206 g/mol. The zero-order valence-corrected chi connectivity index (χ0v) is 9.87. The van der Waals surface area contributed by atoms with Gasteiger partial charge in [0.2, 0.25) is 0 Å². The summed E-state index contributed by atoms with van der Waals surface area (Å²) < 4.78 is 5.16. The van der Waals surface area contributed by atoms with Crippen LogP contribution in [0.2, 0.25) is 0 Å². The predicted octanol–water partition coefficient (Wildman–Crippen LogP) is 3.33. The smallest absolute Gasteiger partial charge is 0.137 e. The summed E-state index contributed by atoms with van der Waals surface area (Å²) in [6.07, 6.45) is 1.61. The molecule has 3 nitrogen and oxygen atoms in total. The number of aryl methyl sites for hydroxylation is 2. The molecule has 0 aliphatic rings. The minimum Gasteiger partial charge on any atom is -0.361 e. The van der Waals surface area contributed by atoms with Crippen LogP contribution in [-0.4, -0.2) is 5.16 Å². The van der Waals surface area contributed by atoms with Gasteiger partial charge in [-0.1, -0.05) is 25.4 Å². The van der Waals surface area contributed by atoms with Crippen LogP contribution in [0.3, 0.4) is 0 Å². The van der Waals surface area contributed by atoms with Crippen molar-refractivity contribution in [2.24, 2.45) is 5.92 Å². The molecule has 0 radical (unpaired) electrons. The number of rotatable bonds is 4. The highest BCUT2D eigenvalue weighted by molar-refractivity contribution is 5.27. The molecule has 0 aliphatic carbocycles. The first kappa shape index (κ1) is 11.8. The summed E-state index contributed by atoms with van der Waals surface area (Å²) in [7, 11) is 0. The highest BCUT2D eigenvalue weighted by atomic mass is 16.5. The molecule has 15 heavy (non-hydrogen) atoms. The molecule has 0 fully saturated rings. The third-order valence-electron chi connectivity index (χ3n) is 3.10. The van der Waals surface area contributed by atoms with E-state index in [1.165, 1.54) is 0 Å². The van der Waals surface area contributed by atoms with Crippen molar-refractivity contribution in [3.05, 3.63) is 17.0 Å². The Morgan fingerprint density at radius 3 is 2.53 bits per heavy atom. The molecule has 0 aliphatic heterocycles. The van der Waals surface area contributed by atoms with Gasteiger partial charge in [0.25, 0.3) is 0 Å². The Morgan fingerprint density at radius 1 is 1.47 bits per heavy atom. The molecule has 1 heterocycles. The number of hydrogen-bond acceptors (Lipinski definition) is 3. The van der Waals surface area contributed by atoms with E-state index in [4.69, 9.17) is 9.78 Å². The number of aromatic nitrogens is 1. The molecule has 0 bridgehead atoms. The van der Waals surface area contributed by atoms with Gasteiger partial charge in [0.15, 0.2) is 0 Å². The van der Waals surface area contributed by atoms with Gasteiger partial charge in [-0.2, -0.15) is 5.26 Å². The van der Waals surface area contributed by atoms with E-state index < -0.39 is 0 Å². The van der Waals surface area contributed by atoms with Crippen molar-refractivity contribution in [2.45, 2.75) is 46.5 Å². The summed E-state index contributed by atoms with van der Waals surface area (Å²) >= 11 is 0. The zero-order valence-electron chi connectivity index (χ0n) is 9.87. The van der Waals surface area contributed by atoms with Gasteiger partial charge >= 0.3 is 0 Å². The number of nitrogens with zero attached hydrogens (tertiary/aromatic N) is 2. The minimum atomic E-state index is 0.256. The molecule has 0 N–H and O–H groups in total. The van der Waals surface area contributed by atoms with Crippen LogP contribution in [0.15, 0.2) is 4.52 Å². The lowest BCUT2D eigenvalue weighted by Gasteiger charge is -2.20. The van der Waals surface area contributed by atoms with Crippen LogP contribution in [0.1, 0.15) is 49.6 Å². The molecule has 1 rings (SSSR count). The van der Waals surface area contributed by atoms with E-state index in [0.717, 1.165) is 23.4 Å². The van der Waals surface area contributed by atoms with Crippen LogP contribution >= 0.6 is 0 Å². The highest BCUT2D eigenvalue weighted by Crippen LogP contribution is 2.33. The fourth-order valence-electron chi connectivity index (χ4n) is 1.99. The third kappa shape index (κ3) is 2.38. The van der Waals surface area contributed by atoms with E-state index in [9.17, 15) is 0 Å². The normalized spacial score (nSPS) is 14.6. The molecule has 2 atom stereocenters. The molecule has 82 valence electrons. The van der Waals surface area contributed by atoms with E-state index in [1.54, 1.807) is 0 Å². The van der Waals surface area contributed by atoms with Gasteiger partial charge in [-0.25, -0.2) is 0 Å². The number of hydrogen-bond donors (Lipinski definition) is 0. The average Bonchev–Trinajstić information content (AvgIpc) is 2.55. The van der Waals surface area contributed by atoms with Crippen molar-refractivity contribution in [1.29, 1.82) is 5.26 Å². The predicted molar refractivity (Wildman–Crippen MR) is 58.4 cm³/mol. The summed E-state index contributed by atoms with van der Waals surface area (Å²) in [6.45, 7) is 8.18. The van der Waals surface area contributed by atoms with Gasteiger partial charge in [-0.3, -0.25) is 0 Å². The lowest BCUT2D eigenvalue weighted by molar-refractivity contribution is 0.386. The first-order valence-corrected chi connectivity index (χ1v) is 5.41. The van der Waals surface area contributed by atoms with Gasteiger partial charge < -0.3 is 4.52 Å². The average molecular weight is 206 g/mol. The van der Waals surface area contributed by atoms with Crippen LogP contribution in [0, 0.1) is 31.1 Å². The Bertz CT molecular complexity index is 343. The van der Waals surface area contributed by atoms with Crippen LogP contribution < -0.4 is 0 Å². The van der Waals surface area contributed by atoms with Crippen LogP contribution in [-0.2, 0) is 0 Å². The maximum absolute atomic E-state index is 8.86. The topological polar surface area (TPSA) is 49.8 Å². The van der Waals surface area contributed by atoms with Crippen LogP contribution in [0.5, 0.6) is 0 Å². The first-order valence-electron chi connectivity index (χ1n) is 5.41. The zero-order chi connectivity index (χ0) is 11.4. The molecule has 2 unspecified atom stereocenters. The summed E-state index contributed by atoms with van der Waals surface area (Å²) in [6, 6.07) is 2.26. The minimum absolute atomic E-state index is 0.256. The Morgan fingerprint density at radius 2 is 2.13 bits per heavy atom. The SMILES string of the molecule is CCC(C)C(CC#N)c1c(C)noc1C. The Labute approximate surface area is 91.1 Å². The van der Waals surface area contributed by atoms with E-state index >= 15 is 0 Å². The second kappa shape index (κ2) is 4.97. The molecule has 1 aromatic heterocycles. The summed E-state index contributed by atoms with van der Waals surface area (Å²) in [4.78, 5) is 0. The van der Waals surface area contributed by atoms with Gasteiger partial charge in [-0.05, 0) is 19.8 Å². The van der Waals surface area contributed by atoms with E-state index in [-0.39, 0.29) is 5.92 Å². The van der Waals surface area contributed by atoms with Gasteiger partial charge in [0, 0.05) is 17.9 Å². The molecule has 0 saturated heterocycles. The Kier molecular flexibility index (Phi) is 3.90. The molecular formula is C12H18N2O. The summed E-state index contributed by atoms with van der Waals surface area (Å²) in [5.74, 6) is 1.60. The quantitative estimate of drug-likeness (QED) is 0.759. The molecule has 0 saturated carbocycles. The van der Waals surface area contributed by atoms with Crippen LogP contribution in [0.25, 0.3) is 0 Å². The molecule has 0 aromatic carbocycles. The second-order valence-electron chi connectivity index (χ2n) is 4.09. The van der Waals surface area contributed by atoms with Crippen molar-refractivity contribution < 1.29 is 4.52 Å². The maximum atomic E-state index is 8.86. The lowest BCUT2D eigenvalue weighted by Crippen LogP contribution is -2.10. The largest absolute Gasteiger partial charge is 0.361 e. The second-order valence-corrected chi connectivity index (χ2v) is 4.09. The van der Waals surface area contributed by atoms with Crippen molar-refractivity contribution >= 4 is 0 Å².